The highest BCUT2D eigenvalue weighted by molar-refractivity contribution is 6.05. The molecule has 132 valence electrons. The van der Waals surface area contributed by atoms with E-state index in [0.29, 0.717) is 24.5 Å². The van der Waals surface area contributed by atoms with Crippen LogP contribution in [0.1, 0.15) is 10.4 Å². The number of carbonyl (C=O) groups excluding carboxylic acids is 1. The van der Waals surface area contributed by atoms with Gasteiger partial charge >= 0.3 is 0 Å². The molecule has 1 amide bonds. The fourth-order valence-corrected chi connectivity index (χ4v) is 2.52. The van der Waals surface area contributed by atoms with E-state index in [1.807, 2.05) is 72.8 Å². The van der Waals surface area contributed by atoms with Gasteiger partial charge in [-0.15, -0.1) is 0 Å². The molecular formula is C22H21NO3. The highest BCUT2D eigenvalue weighted by Gasteiger charge is 2.13. The van der Waals surface area contributed by atoms with Gasteiger partial charge in [0.05, 0.1) is 0 Å². The number of para-hydroxylation sites is 2. The predicted octanol–water partition coefficient (Wildman–Crippen LogP) is 4.42. The summed E-state index contributed by atoms with van der Waals surface area (Å²) < 4.78 is 11.3. The maximum atomic E-state index is 12.7. The van der Waals surface area contributed by atoms with Crippen molar-refractivity contribution in [1.29, 1.82) is 0 Å². The van der Waals surface area contributed by atoms with Crippen molar-refractivity contribution >= 4 is 11.6 Å². The van der Waals surface area contributed by atoms with E-state index in [-0.39, 0.29) is 5.91 Å². The minimum atomic E-state index is -0.0813. The van der Waals surface area contributed by atoms with Gasteiger partial charge in [0.25, 0.3) is 5.91 Å². The average Bonchev–Trinajstić information content (AvgIpc) is 2.72. The molecule has 0 aliphatic carbocycles. The van der Waals surface area contributed by atoms with Gasteiger partial charge in [0.2, 0.25) is 0 Å². The third kappa shape index (κ3) is 4.63. The van der Waals surface area contributed by atoms with Crippen LogP contribution >= 0.6 is 0 Å². The lowest BCUT2D eigenvalue weighted by Crippen LogP contribution is -2.26. The Morgan fingerprint density at radius 1 is 0.769 bits per heavy atom. The molecule has 3 aromatic carbocycles. The topological polar surface area (TPSA) is 38.8 Å². The zero-order chi connectivity index (χ0) is 18.2. The van der Waals surface area contributed by atoms with E-state index in [1.165, 1.54) is 0 Å². The third-order valence-electron chi connectivity index (χ3n) is 3.89. The SMILES string of the molecule is CN(C(=O)c1cccc(OCCOc2ccccc2)c1)c1ccccc1. The van der Waals surface area contributed by atoms with Gasteiger partial charge < -0.3 is 14.4 Å². The van der Waals surface area contributed by atoms with Crippen LogP contribution in [-0.4, -0.2) is 26.2 Å². The third-order valence-corrected chi connectivity index (χ3v) is 3.89. The number of nitrogens with zero attached hydrogens (tertiary/aromatic N) is 1. The molecule has 4 heteroatoms. The molecule has 0 atom stereocenters. The Labute approximate surface area is 153 Å². The van der Waals surface area contributed by atoms with Crippen molar-refractivity contribution in [3.63, 3.8) is 0 Å². The summed E-state index contributed by atoms with van der Waals surface area (Å²) in [4.78, 5) is 14.3. The molecule has 3 rings (SSSR count). The van der Waals surface area contributed by atoms with Crippen LogP contribution in [0, 0.1) is 0 Å². The number of ether oxygens (including phenoxy) is 2. The van der Waals surface area contributed by atoms with Gasteiger partial charge in [-0.05, 0) is 42.5 Å². The van der Waals surface area contributed by atoms with E-state index < -0.39 is 0 Å². The van der Waals surface area contributed by atoms with Gasteiger partial charge in [-0.2, -0.15) is 0 Å². The standard InChI is InChI=1S/C22H21NO3/c1-23(19-10-4-2-5-11-19)22(24)18-9-8-14-21(17-18)26-16-15-25-20-12-6-3-7-13-20/h2-14,17H,15-16H2,1H3. The van der Waals surface area contributed by atoms with Crippen LogP contribution in [0.15, 0.2) is 84.9 Å². The van der Waals surface area contributed by atoms with E-state index in [1.54, 1.807) is 24.1 Å². The van der Waals surface area contributed by atoms with E-state index in [2.05, 4.69) is 0 Å². The van der Waals surface area contributed by atoms with Crippen molar-refractivity contribution in [2.24, 2.45) is 0 Å². The van der Waals surface area contributed by atoms with Crippen molar-refractivity contribution < 1.29 is 14.3 Å². The summed E-state index contributed by atoms with van der Waals surface area (Å²) in [6.45, 7) is 0.840. The molecule has 0 N–H and O–H groups in total. The van der Waals surface area contributed by atoms with Crippen LogP contribution in [-0.2, 0) is 0 Å². The van der Waals surface area contributed by atoms with Crippen LogP contribution in [0.25, 0.3) is 0 Å². The lowest BCUT2D eigenvalue weighted by atomic mass is 10.2. The number of hydrogen-bond donors (Lipinski definition) is 0. The van der Waals surface area contributed by atoms with Crippen molar-refractivity contribution in [3.8, 4) is 11.5 Å². The lowest BCUT2D eigenvalue weighted by Gasteiger charge is -2.17. The largest absolute Gasteiger partial charge is 0.490 e. The van der Waals surface area contributed by atoms with Crippen molar-refractivity contribution in [3.05, 3.63) is 90.5 Å². The summed E-state index contributed by atoms with van der Waals surface area (Å²) in [5.74, 6) is 1.38. The molecule has 0 spiro atoms. The molecule has 26 heavy (non-hydrogen) atoms. The maximum absolute atomic E-state index is 12.7. The first kappa shape index (κ1) is 17.5. The molecule has 0 aromatic heterocycles. The first-order chi connectivity index (χ1) is 12.7. The zero-order valence-corrected chi connectivity index (χ0v) is 14.7. The quantitative estimate of drug-likeness (QED) is 0.594. The zero-order valence-electron chi connectivity index (χ0n) is 14.7. The van der Waals surface area contributed by atoms with Crippen LogP contribution < -0.4 is 14.4 Å². The molecule has 0 fully saturated rings. The number of rotatable bonds is 7. The maximum Gasteiger partial charge on any atom is 0.258 e. The highest BCUT2D eigenvalue weighted by atomic mass is 16.5. The number of amides is 1. The molecular weight excluding hydrogens is 326 g/mol. The lowest BCUT2D eigenvalue weighted by molar-refractivity contribution is 0.0992. The summed E-state index contributed by atoms with van der Waals surface area (Å²) in [6.07, 6.45) is 0. The molecule has 4 nitrogen and oxygen atoms in total. The second-order valence-corrected chi connectivity index (χ2v) is 5.74. The fraction of sp³-hybridized carbons (Fsp3) is 0.136. The van der Waals surface area contributed by atoms with E-state index in [9.17, 15) is 4.79 Å². The summed E-state index contributed by atoms with van der Waals surface area (Å²) in [7, 11) is 1.76. The number of benzene rings is 3. The van der Waals surface area contributed by atoms with Gasteiger partial charge in [0.1, 0.15) is 24.7 Å². The Hall–Kier alpha value is -3.27. The second kappa shape index (κ2) is 8.72. The Bertz CT molecular complexity index is 834. The molecule has 0 unspecified atom stereocenters. The Kier molecular flexibility index (Phi) is 5.88. The van der Waals surface area contributed by atoms with Crippen LogP contribution in [0.3, 0.4) is 0 Å². The van der Waals surface area contributed by atoms with E-state index in [0.717, 1.165) is 11.4 Å². The summed E-state index contributed by atoms with van der Waals surface area (Å²) in [5.41, 5.74) is 1.43. The number of hydrogen-bond acceptors (Lipinski definition) is 3. The van der Waals surface area contributed by atoms with Gasteiger partial charge in [-0.3, -0.25) is 4.79 Å². The Morgan fingerprint density at radius 3 is 2.04 bits per heavy atom. The molecule has 0 saturated carbocycles. The summed E-state index contributed by atoms with van der Waals surface area (Å²) in [6, 6.07) is 26.3. The first-order valence-electron chi connectivity index (χ1n) is 8.48. The minimum absolute atomic E-state index is 0.0813. The minimum Gasteiger partial charge on any atom is -0.490 e. The summed E-state index contributed by atoms with van der Waals surface area (Å²) >= 11 is 0. The predicted molar refractivity (Wildman–Crippen MR) is 103 cm³/mol. The number of carbonyl (C=O) groups is 1. The summed E-state index contributed by atoms with van der Waals surface area (Å²) in [5, 5.41) is 0. The molecule has 0 aliphatic rings. The van der Waals surface area contributed by atoms with Crippen molar-refractivity contribution in [1.82, 2.24) is 0 Å². The first-order valence-corrected chi connectivity index (χ1v) is 8.48. The molecule has 0 bridgehead atoms. The van der Waals surface area contributed by atoms with Crippen molar-refractivity contribution in [2.45, 2.75) is 0 Å². The normalized spacial score (nSPS) is 10.2. The average molecular weight is 347 g/mol. The highest BCUT2D eigenvalue weighted by Crippen LogP contribution is 2.18. The smallest absolute Gasteiger partial charge is 0.258 e. The molecule has 0 heterocycles. The molecule has 0 radical (unpaired) electrons. The van der Waals surface area contributed by atoms with Crippen LogP contribution in [0.4, 0.5) is 5.69 Å². The van der Waals surface area contributed by atoms with E-state index >= 15 is 0 Å². The van der Waals surface area contributed by atoms with Gasteiger partial charge in [0, 0.05) is 18.3 Å². The van der Waals surface area contributed by atoms with Gasteiger partial charge in [-0.1, -0.05) is 42.5 Å². The monoisotopic (exact) mass is 347 g/mol. The molecule has 0 aliphatic heterocycles. The van der Waals surface area contributed by atoms with Gasteiger partial charge in [0.15, 0.2) is 0 Å². The van der Waals surface area contributed by atoms with Crippen LogP contribution in [0.2, 0.25) is 0 Å². The Balaban J connectivity index is 1.56. The Morgan fingerprint density at radius 2 is 1.35 bits per heavy atom. The van der Waals surface area contributed by atoms with Crippen molar-refractivity contribution in [2.75, 3.05) is 25.2 Å². The second-order valence-electron chi connectivity index (χ2n) is 5.74. The molecule has 3 aromatic rings. The molecule has 0 saturated heterocycles. The van der Waals surface area contributed by atoms with Crippen LogP contribution in [0.5, 0.6) is 11.5 Å². The number of anilines is 1. The van der Waals surface area contributed by atoms with Gasteiger partial charge in [-0.25, -0.2) is 0 Å². The van der Waals surface area contributed by atoms with E-state index in [4.69, 9.17) is 9.47 Å². The fourth-order valence-electron chi connectivity index (χ4n) is 2.52.